The summed E-state index contributed by atoms with van der Waals surface area (Å²) in [7, 11) is 1.95. The maximum absolute atomic E-state index is 12.4. The highest BCUT2D eigenvalue weighted by Gasteiger charge is 2.26. The zero-order chi connectivity index (χ0) is 25.4. The fourth-order valence-electron chi connectivity index (χ4n) is 5.16. The number of aryl methyl sites for hydroxylation is 1. The van der Waals surface area contributed by atoms with Crippen LogP contribution in [0, 0.1) is 13.8 Å². The van der Waals surface area contributed by atoms with Gasteiger partial charge in [-0.05, 0) is 61.4 Å². The third-order valence-electron chi connectivity index (χ3n) is 7.26. The SMILES string of the molecule is Cc1ccc(-c2c(-c3cccc(N4CCN(c5ccc(N)cc5)CC4)c3)c(C(=O)O)c(C)n2C)cc1. The van der Waals surface area contributed by atoms with Crippen molar-refractivity contribution < 1.29 is 9.90 Å². The normalized spacial score (nSPS) is 13.8. The molecule has 6 nitrogen and oxygen atoms in total. The minimum Gasteiger partial charge on any atom is -0.478 e. The zero-order valence-corrected chi connectivity index (χ0v) is 21.0. The maximum Gasteiger partial charge on any atom is 0.338 e. The van der Waals surface area contributed by atoms with Crippen LogP contribution in [0.15, 0.2) is 72.8 Å². The standard InChI is InChI=1S/C30H32N4O2/c1-20-7-9-22(10-8-20)29-28(27(30(35)36)21(2)32(29)3)23-5-4-6-26(19-23)34-17-15-33(16-18-34)25-13-11-24(31)12-14-25/h4-14,19H,15-18,31H2,1-3H3,(H,35,36). The lowest BCUT2D eigenvalue weighted by molar-refractivity contribution is 0.0697. The van der Waals surface area contributed by atoms with E-state index in [0.717, 1.165) is 65.6 Å². The number of hydrogen-bond donors (Lipinski definition) is 2. The van der Waals surface area contributed by atoms with E-state index in [2.05, 4.69) is 65.3 Å². The summed E-state index contributed by atoms with van der Waals surface area (Å²) in [6, 6.07) is 24.6. The van der Waals surface area contributed by atoms with Crippen LogP contribution in [0.1, 0.15) is 21.6 Å². The zero-order valence-electron chi connectivity index (χ0n) is 21.0. The number of benzene rings is 3. The number of nitrogens with two attached hydrogens (primary N) is 1. The van der Waals surface area contributed by atoms with Crippen LogP contribution in [0.3, 0.4) is 0 Å². The molecule has 0 spiro atoms. The molecule has 0 radical (unpaired) electrons. The molecular weight excluding hydrogens is 448 g/mol. The Bertz CT molecular complexity index is 1400. The minimum atomic E-state index is -0.904. The lowest BCUT2D eigenvalue weighted by Crippen LogP contribution is -2.46. The predicted molar refractivity (Wildman–Crippen MR) is 148 cm³/mol. The largest absolute Gasteiger partial charge is 0.478 e. The van der Waals surface area contributed by atoms with Gasteiger partial charge in [0.15, 0.2) is 0 Å². The highest BCUT2D eigenvalue weighted by atomic mass is 16.4. The van der Waals surface area contributed by atoms with Crippen molar-refractivity contribution in [3.63, 3.8) is 0 Å². The second-order valence-corrected chi connectivity index (χ2v) is 9.53. The second kappa shape index (κ2) is 9.46. The summed E-state index contributed by atoms with van der Waals surface area (Å²) in [5.74, 6) is -0.904. The summed E-state index contributed by atoms with van der Waals surface area (Å²) in [4.78, 5) is 17.2. The van der Waals surface area contributed by atoms with Crippen LogP contribution in [0.2, 0.25) is 0 Å². The highest BCUT2D eigenvalue weighted by Crippen LogP contribution is 2.40. The highest BCUT2D eigenvalue weighted by molar-refractivity contribution is 6.03. The Kier molecular flexibility index (Phi) is 6.18. The van der Waals surface area contributed by atoms with E-state index in [1.54, 1.807) is 0 Å². The van der Waals surface area contributed by atoms with E-state index in [-0.39, 0.29) is 0 Å². The second-order valence-electron chi connectivity index (χ2n) is 9.53. The average molecular weight is 481 g/mol. The smallest absolute Gasteiger partial charge is 0.338 e. The van der Waals surface area contributed by atoms with Crippen LogP contribution in [-0.4, -0.2) is 41.8 Å². The first-order chi connectivity index (χ1) is 17.3. The molecule has 0 atom stereocenters. The Morgan fingerprint density at radius 2 is 1.42 bits per heavy atom. The summed E-state index contributed by atoms with van der Waals surface area (Å²) in [5, 5.41) is 10.2. The van der Waals surface area contributed by atoms with Crippen LogP contribution in [-0.2, 0) is 7.05 Å². The van der Waals surface area contributed by atoms with Gasteiger partial charge in [0.2, 0.25) is 0 Å². The molecule has 0 saturated carbocycles. The monoisotopic (exact) mass is 480 g/mol. The topological polar surface area (TPSA) is 74.7 Å². The van der Waals surface area contributed by atoms with E-state index in [1.807, 2.05) is 42.8 Å². The third-order valence-corrected chi connectivity index (χ3v) is 7.26. The van der Waals surface area contributed by atoms with E-state index in [0.29, 0.717) is 5.56 Å². The Morgan fingerprint density at radius 3 is 2.03 bits per heavy atom. The summed E-state index contributed by atoms with van der Waals surface area (Å²) in [6.07, 6.45) is 0. The van der Waals surface area contributed by atoms with E-state index >= 15 is 0 Å². The molecule has 1 aromatic heterocycles. The van der Waals surface area contributed by atoms with Crippen molar-refractivity contribution in [1.29, 1.82) is 0 Å². The molecule has 3 N–H and O–H groups in total. The Hall–Kier alpha value is -4.19. The van der Waals surface area contributed by atoms with Crippen LogP contribution in [0.4, 0.5) is 17.1 Å². The van der Waals surface area contributed by atoms with Crippen molar-refractivity contribution >= 4 is 23.0 Å². The number of aromatic carboxylic acids is 1. The fourth-order valence-corrected chi connectivity index (χ4v) is 5.16. The van der Waals surface area contributed by atoms with E-state index in [9.17, 15) is 9.90 Å². The van der Waals surface area contributed by atoms with Crippen molar-refractivity contribution in [2.45, 2.75) is 13.8 Å². The number of rotatable bonds is 5. The minimum absolute atomic E-state index is 0.360. The molecule has 1 saturated heterocycles. The maximum atomic E-state index is 12.4. The molecule has 0 amide bonds. The van der Waals surface area contributed by atoms with E-state index in [4.69, 9.17) is 5.73 Å². The van der Waals surface area contributed by atoms with Crippen molar-refractivity contribution in [3.05, 3.63) is 89.6 Å². The van der Waals surface area contributed by atoms with Crippen molar-refractivity contribution in [1.82, 2.24) is 4.57 Å². The van der Waals surface area contributed by atoms with Gasteiger partial charge in [0.05, 0.1) is 11.3 Å². The molecule has 6 heteroatoms. The molecule has 1 aliphatic rings. The summed E-state index contributed by atoms with van der Waals surface area (Å²) in [6.45, 7) is 7.53. The van der Waals surface area contributed by atoms with Gasteiger partial charge in [0.25, 0.3) is 0 Å². The first-order valence-corrected chi connectivity index (χ1v) is 12.3. The molecular formula is C30H32N4O2. The molecule has 2 heterocycles. The molecule has 0 aliphatic carbocycles. The number of carboxylic acid groups (broad SMARTS) is 1. The number of aromatic nitrogens is 1. The molecule has 1 fully saturated rings. The van der Waals surface area contributed by atoms with Gasteiger partial charge < -0.3 is 25.2 Å². The molecule has 184 valence electrons. The number of piperazine rings is 1. The van der Waals surface area contributed by atoms with Crippen molar-refractivity contribution in [2.24, 2.45) is 7.05 Å². The Balaban J connectivity index is 1.49. The molecule has 4 aromatic rings. The number of nitrogen functional groups attached to an aromatic ring is 1. The quantitative estimate of drug-likeness (QED) is 0.365. The van der Waals surface area contributed by atoms with E-state index in [1.165, 1.54) is 11.3 Å². The van der Waals surface area contributed by atoms with Gasteiger partial charge in [-0.15, -0.1) is 0 Å². The summed E-state index contributed by atoms with van der Waals surface area (Å²) in [5.41, 5.74) is 14.8. The van der Waals surface area contributed by atoms with Crippen LogP contribution >= 0.6 is 0 Å². The third kappa shape index (κ3) is 4.31. The van der Waals surface area contributed by atoms with Gasteiger partial charge >= 0.3 is 5.97 Å². The lowest BCUT2D eigenvalue weighted by Gasteiger charge is -2.37. The van der Waals surface area contributed by atoms with Gasteiger partial charge in [0, 0.05) is 61.5 Å². The van der Waals surface area contributed by atoms with Crippen LogP contribution in [0.25, 0.3) is 22.4 Å². The molecule has 36 heavy (non-hydrogen) atoms. The number of hydrogen-bond acceptors (Lipinski definition) is 4. The number of anilines is 3. The molecule has 5 rings (SSSR count). The molecule has 3 aromatic carbocycles. The summed E-state index contributed by atoms with van der Waals surface area (Å²) < 4.78 is 2.00. The summed E-state index contributed by atoms with van der Waals surface area (Å²) >= 11 is 0. The Morgan fingerprint density at radius 1 is 0.806 bits per heavy atom. The first kappa shape index (κ1) is 23.5. The lowest BCUT2D eigenvalue weighted by atomic mass is 9.96. The fraction of sp³-hybridized carbons (Fsp3) is 0.233. The van der Waals surface area contributed by atoms with Gasteiger partial charge in [0.1, 0.15) is 0 Å². The Labute approximate surface area is 212 Å². The van der Waals surface area contributed by atoms with Gasteiger partial charge in [-0.3, -0.25) is 0 Å². The predicted octanol–water partition coefficient (Wildman–Crippen LogP) is 5.58. The van der Waals surface area contributed by atoms with Gasteiger partial charge in [-0.25, -0.2) is 4.79 Å². The van der Waals surface area contributed by atoms with Gasteiger partial charge in [-0.2, -0.15) is 0 Å². The molecule has 0 unspecified atom stereocenters. The number of carbonyl (C=O) groups is 1. The molecule has 0 bridgehead atoms. The van der Waals surface area contributed by atoms with Gasteiger partial charge in [-0.1, -0.05) is 42.0 Å². The first-order valence-electron chi connectivity index (χ1n) is 12.3. The van der Waals surface area contributed by atoms with E-state index < -0.39 is 5.97 Å². The van der Waals surface area contributed by atoms with Crippen molar-refractivity contribution in [2.75, 3.05) is 41.7 Å². The van der Waals surface area contributed by atoms with Crippen LogP contribution < -0.4 is 15.5 Å². The van der Waals surface area contributed by atoms with Crippen LogP contribution in [0.5, 0.6) is 0 Å². The number of nitrogens with zero attached hydrogens (tertiary/aromatic N) is 3. The number of carboxylic acids is 1. The average Bonchev–Trinajstić information content (AvgIpc) is 3.16. The van der Waals surface area contributed by atoms with Crippen molar-refractivity contribution in [3.8, 4) is 22.4 Å². The molecule has 1 aliphatic heterocycles.